The van der Waals surface area contributed by atoms with Crippen LogP contribution in [0.3, 0.4) is 0 Å². The van der Waals surface area contributed by atoms with Gasteiger partial charge in [-0.15, -0.1) is 10.2 Å². The van der Waals surface area contributed by atoms with Crippen LogP contribution < -0.4 is 10.6 Å². The maximum absolute atomic E-state index is 12.3. The number of benzene rings is 1. The van der Waals surface area contributed by atoms with E-state index >= 15 is 0 Å². The average Bonchev–Trinajstić information content (AvgIpc) is 3.24. The van der Waals surface area contributed by atoms with Crippen molar-refractivity contribution in [3.05, 3.63) is 24.3 Å². The van der Waals surface area contributed by atoms with Crippen molar-refractivity contribution in [3.8, 4) is 0 Å². The van der Waals surface area contributed by atoms with E-state index in [1.54, 1.807) is 31.2 Å². The zero-order valence-electron chi connectivity index (χ0n) is 14.0. The molecule has 1 unspecified atom stereocenters. The second-order valence-corrected chi connectivity index (χ2v) is 9.01. The fraction of sp³-hybridized carbons (Fsp3) is 0.333. The highest BCUT2D eigenvalue weighted by molar-refractivity contribution is 8.02. The summed E-state index contributed by atoms with van der Waals surface area (Å²) in [4.78, 5) is 25.5. The molecular formula is C15H15F2N5O2S3. The van der Waals surface area contributed by atoms with Gasteiger partial charge in [0.2, 0.25) is 11.0 Å². The van der Waals surface area contributed by atoms with E-state index in [9.17, 15) is 18.4 Å². The van der Waals surface area contributed by atoms with Gasteiger partial charge in [-0.3, -0.25) is 9.69 Å². The molecule has 7 nitrogen and oxygen atoms in total. The molecule has 12 heteroatoms. The standard InChI is InChI=1S/C15H15F2N5O2S3/c1-8(11(23)22-7-6-18-14(22)24)25-15-21-20-13(27-15)19-9-2-4-10(5-3-9)26-12(16)17/h2-5,8,12H,6-7H2,1H3,(H,18,24)(H,19,20). The van der Waals surface area contributed by atoms with Crippen LogP contribution in [-0.2, 0) is 4.79 Å². The summed E-state index contributed by atoms with van der Waals surface area (Å²) in [5, 5.41) is 13.7. The number of alkyl halides is 2. The first-order valence-corrected chi connectivity index (χ1v) is 10.4. The molecular weight excluding hydrogens is 416 g/mol. The van der Waals surface area contributed by atoms with Crippen molar-refractivity contribution in [2.24, 2.45) is 0 Å². The minimum Gasteiger partial charge on any atom is -0.336 e. The minimum absolute atomic E-state index is 0.271. The maximum atomic E-state index is 12.3. The zero-order chi connectivity index (χ0) is 19.4. The van der Waals surface area contributed by atoms with Gasteiger partial charge in [-0.05, 0) is 31.2 Å². The number of rotatable bonds is 7. The predicted octanol–water partition coefficient (Wildman–Crippen LogP) is 3.63. The zero-order valence-corrected chi connectivity index (χ0v) is 16.5. The fourth-order valence-electron chi connectivity index (χ4n) is 2.25. The van der Waals surface area contributed by atoms with E-state index in [-0.39, 0.29) is 11.9 Å². The number of imide groups is 1. The molecule has 3 amide bonds. The molecule has 27 heavy (non-hydrogen) atoms. The first-order valence-electron chi connectivity index (χ1n) is 7.83. The topological polar surface area (TPSA) is 87.2 Å². The quantitative estimate of drug-likeness (QED) is 0.648. The SMILES string of the molecule is CC(Sc1nnc(Nc2ccc(SC(F)F)cc2)s1)C(=O)N1CCNC1=O. The first kappa shape index (κ1) is 19.8. The maximum Gasteiger partial charge on any atom is 0.324 e. The second kappa shape index (κ2) is 8.85. The Morgan fingerprint density at radius 2 is 2.04 bits per heavy atom. The number of nitrogens with one attached hydrogen (secondary N) is 2. The monoisotopic (exact) mass is 431 g/mol. The number of thioether (sulfide) groups is 2. The van der Waals surface area contributed by atoms with Gasteiger partial charge in [-0.25, -0.2) is 4.79 Å². The number of halogens is 2. The molecule has 1 atom stereocenters. The Bertz CT molecular complexity index is 818. The Hall–Kier alpha value is -1.92. The van der Waals surface area contributed by atoms with Crippen LogP contribution in [0.5, 0.6) is 0 Å². The van der Waals surface area contributed by atoms with Gasteiger partial charge in [0.25, 0.3) is 5.76 Å². The summed E-state index contributed by atoms with van der Waals surface area (Å²) in [6.07, 6.45) is 0. The van der Waals surface area contributed by atoms with E-state index in [1.807, 2.05) is 0 Å². The highest BCUT2D eigenvalue weighted by atomic mass is 32.2. The van der Waals surface area contributed by atoms with E-state index in [2.05, 4.69) is 20.8 Å². The van der Waals surface area contributed by atoms with Crippen molar-refractivity contribution in [1.82, 2.24) is 20.4 Å². The molecule has 1 aliphatic rings. The molecule has 2 aromatic rings. The van der Waals surface area contributed by atoms with Gasteiger partial charge >= 0.3 is 6.03 Å². The third-order valence-electron chi connectivity index (χ3n) is 3.49. The van der Waals surface area contributed by atoms with Crippen LogP contribution in [0.1, 0.15) is 6.92 Å². The van der Waals surface area contributed by atoms with Crippen LogP contribution in [0, 0.1) is 0 Å². The lowest BCUT2D eigenvalue weighted by Crippen LogP contribution is -2.38. The number of urea groups is 1. The smallest absolute Gasteiger partial charge is 0.324 e. The van der Waals surface area contributed by atoms with Gasteiger partial charge in [-0.1, -0.05) is 34.9 Å². The molecule has 1 aliphatic heterocycles. The summed E-state index contributed by atoms with van der Waals surface area (Å²) >= 11 is 2.98. The number of hydrogen-bond acceptors (Lipinski definition) is 8. The van der Waals surface area contributed by atoms with Crippen molar-refractivity contribution >= 4 is 57.6 Å². The van der Waals surface area contributed by atoms with E-state index in [0.29, 0.717) is 44.9 Å². The van der Waals surface area contributed by atoms with E-state index in [4.69, 9.17) is 0 Å². The summed E-state index contributed by atoms with van der Waals surface area (Å²) < 4.78 is 25.2. The van der Waals surface area contributed by atoms with Crippen molar-refractivity contribution in [2.45, 2.75) is 27.2 Å². The van der Waals surface area contributed by atoms with Crippen molar-refractivity contribution < 1.29 is 18.4 Å². The van der Waals surface area contributed by atoms with Crippen LogP contribution in [0.2, 0.25) is 0 Å². The molecule has 144 valence electrons. The lowest BCUT2D eigenvalue weighted by atomic mass is 10.3. The Morgan fingerprint density at radius 1 is 1.30 bits per heavy atom. The lowest BCUT2D eigenvalue weighted by Gasteiger charge is -2.16. The third-order valence-corrected chi connectivity index (χ3v) is 6.22. The molecule has 2 heterocycles. The van der Waals surface area contributed by atoms with Gasteiger partial charge in [-0.2, -0.15) is 8.78 Å². The van der Waals surface area contributed by atoms with Crippen molar-refractivity contribution in [3.63, 3.8) is 0 Å². The van der Waals surface area contributed by atoms with Crippen LogP contribution in [0.15, 0.2) is 33.5 Å². The molecule has 2 N–H and O–H groups in total. The van der Waals surface area contributed by atoms with Gasteiger partial charge in [0.15, 0.2) is 4.34 Å². The molecule has 0 spiro atoms. The number of anilines is 2. The largest absolute Gasteiger partial charge is 0.336 e. The average molecular weight is 432 g/mol. The van der Waals surface area contributed by atoms with Gasteiger partial charge in [0.1, 0.15) is 0 Å². The Morgan fingerprint density at radius 3 is 2.67 bits per heavy atom. The summed E-state index contributed by atoms with van der Waals surface area (Å²) in [6.45, 7) is 2.54. The van der Waals surface area contributed by atoms with E-state index < -0.39 is 11.0 Å². The number of carbonyl (C=O) groups excluding carboxylic acids is 2. The number of nitrogens with zero attached hydrogens (tertiary/aromatic N) is 3. The summed E-state index contributed by atoms with van der Waals surface area (Å²) in [5.41, 5.74) is 0.694. The highest BCUT2D eigenvalue weighted by Gasteiger charge is 2.30. The van der Waals surface area contributed by atoms with Crippen molar-refractivity contribution in [2.75, 3.05) is 18.4 Å². The minimum atomic E-state index is -2.46. The second-order valence-electron chi connectivity index (χ2n) is 5.38. The molecule has 1 aromatic heterocycles. The number of hydrogen-bond donors (Lipinski definition) is 2. The van der Waals surface area contributed by atoms with Crippen molar-refractivity contribution in [1.29, 1.82) is 0 Å². The molecule has 0 saturated carbocycles. The Balaban J connectivity index is 1.56. The molecule has 0 bridgehead atoms. The fourth-order valence-corrected chi connectivity index (χ4v) is 4.73. The van der Waals surface area contributed by atoms with Crippen LogP contribution in [-0.4, -0.2) is 51.1 Å². The summed E-state index contributed by atoms with van der Waals surface area (Å²) in [5.74, 6) is -2.73. The van der Waals surface area contributed by atoms with Gasteiger partial charge < -0.3 is 10.6 Å². The van der Waals surface area contributed by atoms with Crippen LogP contribution in [0.25, 0.3) is 0 Å². The predicted molar refractivity (Wildman–Crippen MR) is 102 cm³/mol. The number of carbonyl (C=O) groups is 2. The molecule has 1 aromatic carbocycles. The third kappa shape index (κ3) is 5.30. The van der Waals surface area contributed by atoms with E-state index in [1.165, 1.54) is 28.0 Å². The Labute approximate surface area is 166 Å². The molecule has 1 saturated heterocycles. The van der Waals surface area contributed by atoms with Gasteiger partial charge in [0, 0.05) is 23.7 Å². The number of aromatic nitrogens is 2. The Kier molecular flexibility index (Phi) is 6.50. The summed E-state index contributed by atoms with van der Waals surface area (Å²) in [6, 6.07) is 6.17. The molecule has 0 radical (unpaired) electrons. The molecule has 3 rings (SSSR count). The van der Waals surface area contributed by atoms with Crippen LogP contribution in [0.4, 0.5) is 24.4 Å². The molecule has 0 aliphatic carbocycles. The summed E-state index contributed by atoms with van der Waals surface area (Å²) in [7, 11) is 0. The number of amides is 3. The molecule has 1 fully saturated rings. The normalized spacial score (nSPS) is 15.1. The van der Waals surface area contributed by atoms with Crippen LogP contribution >= 0.6 is 34.9 Å². The lowest BCUT2D eigenvalue weighted by molar-refractivity contribution is -0.126. The van der Waals surface area contributed by atoms with E-state index in [0.717, 1.165) is 0 Å². The van der Waals surface area contributed by atoms with Gasteiger partial charge in [0.05, 0.1) is 5.25 Å². The first-order chi connectivity index (χ1) is 12.9. The highest BCUT2D eigenvalue weighted by Crippen LogP contribution is 2.32.